The van der Waals surface area contributed by atoms with Crippen LogP contribution in [0.4, 0.5) is 19.1 Å². The molecule has 25 heavy (non-hydrogen) atoms. The summed E-state index contributed by atoms with van der Waals surface area (Å²) in [5.41, 5.74) is -1.17. The average molecular weight is 385 g/mol. The van der Waals surface area contributed by atoms with E-state index in [0.717, 1.165) is 6.20 Å². The molecule has 0 aromatic carbocycles. The topological polar surface area (TPSA) is 117 Å². The predicted molar refractivity (Wildman–Crippen MR) is 82.0 cm³/mol. The van der Waals surface area contributed by atoms with Crippen LogP contribution in [0.3, 0.4) is 0 Å². The molecule has 0 amide bonds. The normalized spacial score (nSPS) is 30.3. The van der Waals surface area contributed by atoms with E-state index in [1.54, 1.807) is 0 Å². The summed E-state index contributed by atoms with van der Waals surface area (Å²) in [6, 6.07) is -0.467. The van der Waals surface area contributed by atoms with Crippen LogP contribution in [0.25, 0.3) is 0 Å². The minimum absolute atomic E-state index is 0.108. The Morgan fingerprint density at radius 2 is 2.04 bits per heavy atom. The van der Waals surface area contributed by atoms with Crippen LogP contribution in [0.15, 0.2) is 12.3 Å². The van der Waals surface area contributed by atoms with Crippen molar-refractivity contribution in [3.05, 3.63) is 18.0 Å². The number of nitrogens with one attached hydrogen (secondary N) is 1. The van der Waals surface area contributed by atoms with Crippen LogP contribution in [-0.2, 0) is 15.7 Å². The minimum atomic E-state index is -4.66. The van der Waals surface area contributed by atoms with Crippen LogP contribution in [0.2, 0.25) is 0 Å². The molecule has 8 nitrogen and oxygen atoms in total. The van der Waals surface area contributed by atoms with E-state index in [9.17, 15) is 28.5 Å². The molecule has 0 aliphatic carbocycles. The van der Waals surface area contributed by atoms with E-state index in [-0.39, 0.29) is 6.61 Å². The molecule has 1 aliphatic rings. The summed E-state index contributed by atoms with van der Waals surface area (Å²) in [6.07, 6.45) is -9.02. The lowest BCUT2D eigenvalue weighted by Gasteiger charge is -2.42. The molecule has 0 radical (unpaired) electrons. The fraction of sp³-hybridized carbons (Fsp3) is 0.692. The lowest BCUT2D eigenvalue weighted by molar-refractivity contribution is -0.260. The lowest BCUT2D eigenvalue weighted by Crippen LogP contribution is -2.62. The zero-order valence-electron chi connectivity index (χ0n) is 12.8. The summed E-state index contributed by atoms with van der Waals surface area (Å²) < 4.78 is 48.9. The second-order valence-electron chi connectivity index (χ2n) is 5.23. The Balaban J connectivity index is 2.21. The highest BCUT2D eigenvalue weighted by Crippen LogP contribution is 2.29. The molecule has 0 saturated carbocycles. The number of hydrogen-bond donors (Lipinski definition) is 5. The Bertz CT molecular complexity index is 568. The number of nitrogens with zero attached hydrogens (tertiary/aromatic N) is 2. The van der Waals surface area contributed by atoms with Gasteiger partial charge in [0.25, 0.3) is 0 Å². The van der Waals surface area contributed by atoms with Crippen LogP contribution in [0.1, 0.15) is 5.69 Å². The first-order chi connectivity index (χ1) is 11.8. The van der Waals surface area contributed by atoms with Crippen molar-refractivity contribution >= 4 is 18.6 Å². The maximum absolute atomic E-state index is 12.7. The molecule has 4 N–H and O–H groups in total. The maximum Gasteiger partial charge on any atom is 0.433 e. The van der Waals surface area contributed by atoms with Crippen molar-refractivity contribution in [3.8, 4) is 0 Å². The summed E-state index contributed by atoms with van der Waals surface area (Å²) in [6.45, 7) is -0.470. The van der Waals surface area contributed by atoms with Crippen molar-refractivity contribution in [2.24, 2.45) is 0 Å². The SMILES string of the molecule is OC[C@H]1O[C@H](OCCS)[C@H](Nc2nccc(C(F)(F)F)n2)[C@@H](O)[C@H]1O. The van der Waals surface area contributed by atoms with Crippen LogP contribution < -0.4 is 5.32 Å². The molecule has 1 aromatic heterocycles. The van der Waals surface area contributed by atoms with Crippen LogP contribution in [0, 0.1) is 0 Å². The fourth-order valence-corrected chi connectivity index (χ4v) is 2.39. The van der Waals surface area contributed by atoms with Crippen molar-refractivity contribution in [3.63, 3.8) is 0 Å². The van der Waals surface area contributed by atoms with Crippen molar-refractivity contribution < 1.29 is 38.0 Å². The summed E-state index contributed by atoms with van der Waals surface area (Å²) in [4.78, 5) is 7.01. The smallest absolute Gasteiger partial charge is 0.394 e. The molecule has 1 saturated heterocycles. The van der Waals surface area contributed by atoms with Crippen LogP contribution in [0.5, 0.6) is 0 Å². The molecular formula is C13H18F3N3O5S. The van der Waals surface area contributed by atoms with E-state index in [4.69, 9.17) is 9.47 Å². The Hall–Kier alpha value is -1.18. The van der Waals surface area contributed by atoms with Crippen molar-refractivity contribution in [1.29, 1.82) is 0 Å². The lowest BCUT2D eigenvalue weighted by atomic mass is 9.97. The van der Waals surface area contributed by atoms with Gasteiger partial charge in [0.05, 0.1) is 13.2 Å². The van der Waals surface area contributed by atoms with Crippen molar-refractivity contribution in [2.75, 3.05) is 24.3 Å². The molecule has 1 fully saturated rings. The Morgan fingerprint density at radius 1 is 1.32 bits per heavy atom. The molecule has 0 unspecified atom stereocenters. The van der Waals surface area contributed by atoms with Gasteiger partial charge in [-0.05, 0) is 6.07 Å². The number of anilines is 1. The quantitative estimate of drug-likeness (QED) is 0.423. The van der Waals surface area contributed by atoms with Crippen molar-refractivity contribution in [2.45, 2.75) is 36.8 Å². The fourth-order valence-electron chi connectivity index (χ4n) is 2.28. The highest BCUT2D eigenvalue weighted by atomic mass is 32.1. The molecule has 1 aliphatic heterocycles. The molecule has 0 spiro atoms. The van der Waals surface area contributed by atoms with Gasteiger partial charge in [-0.3, -0.25) is 0 Å². The number of aliphatic hydroxyl groups is 3. The van der Waals surface area contributed by atoms with Gasteiger partial charge in [0.15, 0.2) is 6.29 Å². The largest absolute Gasteiger partial charge is 0.433 e. The Morgan fingerprint density at radius 3 is 2.64 bits per heavy atom. The first-order valence-corrected chi connectivity index (χ1v) is 7.93. The highest BCUT2D eigenvalue weighted by molar-refractivity contribution is 7.80. The molecule has 0 bridgehead atoms. The highest BCUT2D eigenvalue weighted by Gasteiger charge is 2.45. The van der Waals surface area contributed by atoms with Gasteiger partial charge in [-0.2, -0.15) is 25.8 Å². The predicted octanol–water partition coefficient (Wildman–Crippen LogP) is -0.339. The minimum Gasteiger partial charge on any atom is -0.394 e. The van der Waals surface area contributed by atoms with Gasteiger partial charge in [0.1, 0.15) is 30.0 Å². The van der Waals surface area contributed by atoms with Gasteiger partial charge in [0, 0.05) is 11.9 Å². The van der Waals surface area contributed by atoms with Gasteiger partial charge in [-0.1, -0.05) is 0 Å². The molecular weight excluding hydrogens is 367 g/mol. The van der Waals surface area contributed by atoms with E-state index in [1.165, 1.54) is 0 Å². The number of hydrogen-bond acceptors (Lipinski definition) is 9. The van der Waals surface area contributed by atoms with Gasteiger partial charge < -0.3 is 30.1 Å². The summed E-state index contributed by atoms with van der Waals surface area (Å²) in [5.74, 6) is -0.105. The second kappa shape index (κ2) is 8.47. The third-order valence-electron chi connectivity index (χ3n) is 3.50. The van der Waals surface area contributed by atoms with Gasteiger partial charge >= 0.3 is 6.18 Å². The number of ether oxygens (including phenoxy) is 2. The molecule has 142 valence electrons. The third-order valence-corrected chi connectivity index (χ3v) is 3.68. The second-order valence-corrected chi connectivity index (χ2v) is 5.68. The average Bonchev–Trinajstić information content (AvgIpc) is 2.58. The standard InChI is InChI=1S/C13H18F3N3O5S/c14-13(15,16)7-1-2-17-12(18-7)19-8-10(22)9(21)6(5-20)24-11(8)23-3-4-25/h1-2,6,8-11,20-22,25H,3-5H2,(H,17,18,19)/t6-,8-,9+,10-,11+/m1/s1. The number of thiol groups is 1. The van der Waals surface area contributed by atoms with E-state index in [1.807, 2.05) is 0 Å². The zero-order valence-corrected chi connectivity index (χ0v) is 13.7. The number of halogens is 3. The molecule has 1 aromatic rings. The van der Waals surface area contributed by atoms with E-state index >= 15 is 0 Å². The zero-order chi connectivity index (χ0) is 18.6. The molecule has 2 heterocycles. The number of aromatic nitrogens is 2. The van der Waals surface area contributed by atoms with E-state index in [0.29, 0.717) is 11.8 Å². The van der Waals surface area contributed by atoms with Gasteiger partial charge in [-0.25, -0.2) is 9.97 Å². The number of aliphatic hydroxyl groups excluding tert-OH is 3. The molecule has 12 heteroatoms. The van der Waals surface area contributed by atoms with Gasteiger partial charge in [0.2, 0.25) is 5.95 Å². The number of rotatable bonds is 6. The first kappa shape index (κ1) is 20.1. The molecule has 2 rings (SSSR count). The number of alkyl halides is 3. The third kappa shape index (κ3) is 4.92. The Kier molecular flexibility index (Phi) is 6.82. The first-order valence-electron chi connectivity index (χ1n) is 7.29. The van der Waals surface area contributed by atoms with E-state index < -0.39 is 55.1 Å². The van der Waals surface area contributed by atoms with Crippen molar-refractivity contribution in [1.82, 2.24) is 9.97 Å². The van der Waals surface area contributed by atoms with Crippen LogP contribution in [-0.4, -0.2) is 74.9 Å². The summed E-state index contributed by atoms with van der Waals surface area (Å²) >= 11 is 3.97. The van der Waals surface area contributed by atoms with E-state index in [2.05, 4.69) is 27.9 Å². The maximum atomic E-state index is 12.7. The Labute approximate surface area is 146 Å². The summed E-state index contributed by atoms with van der Waals surface area (Å²) in [5, 5.41) is 31.8. The summed E-state index contributed by atoms with van der Waals surface area (Å²) in [7, 11) is 0. The monoisotopic (exact) mass is 385 g/mol. The van der Waals surface area contributed by atoms with Crippen LogP contribution >= 0.6 is 12.6 Å². The molecule has 5 atom stereocenters. The van der Waals surface area contributed by atoms with Gasteiger partial charge in [-0.15, -0.1) is 0 Å².